The number of carboxylic acids is 1. The SMILES string of the molecule is Cc1ccc(C)c(-c2cc(C(=O)O)c3cc(S(=O)(=O)N(C)C)ccc3n2)c1. The van der Waals surface area contributed by atoms with Gasteiger partial charge in [0.25, 0.3) is 0 Å². The summed E-state index contributed by atoms with van der Waals surface area (Å²) in [4.78, 5) is 16.5. The molecule has 7 heteroatoms. The molecule has 0 aliphatic rings. The number of aromatic carboxylic acids is 1. The Morgan fingerprint density at radius 2 is 1.74 bits per heavy atom. The van der Waals surface area contributed by atoms with Gasteiger partial charge < -0.3 is 5.11 Å². The smallest absolute Gasteiger partial charge is 0.336 e. The summed E-state index contributed by atoms with van der Waals surface area (Å²) in [7, 11) is -0.813. The second-order valence-corrected chi connectivity index (χ2v) is 8.80. The Balaban J connectivity index is 2.31. The Hall–Kier alpha value is -2.77. The molecule has 0 saturated heterocycles. The number of fused-ring (bicyclic) bond motifs is 1. The number of hydrogen-bond donors (Lipinski definition) is 1. The van der Waals surface area contributed by atoms with E-state index in [1.807, 2.05) is 32.0 Å². The van der Waals surface area contributed by atoms with Crippen LogP contribution in [0.3, 0.4) is 0 Å². The maximum absolute atomic E-state index is 12.4. The molecule has 1 aromatic heterocycles. The molecule has 0 aliphatic heterocycles. The molecule has 0 saturated carbocycles. The number of benzene rings is 2. The molecule has 3 rings (SSSR count). The maximum atomic E-state index is 12.4. The van der Waals surface area contributed by atoms with Crippen LogP contribution in [0.4, 0.5) is 0 Å². The van der Waals surface area contributed by atoms with E-state index in [0.717, 1.165) is 21.0 Å². The maximum Gasteiger partial charge on any atom is 0.336 e. The lowest BCUT2D eigenvalue weighted by atomic mass is 9.99. The first-order valence-corrected chi connectivity index (χ1v) is 9.73. The molecule has 27 heavy (non-hydrogen) atoms. The summed E-state index contributed by atoms with van der Waals surface area (Å²) in [6, 6.07) is 11.8. The van der Waals surface area contributed by atoms with E-state index in [4.69, 9.17) is 0 Å². The minimum Gasteiger partial charge on any atom is -0.478 e. The van der Waals surface area contributed by atoms with Gasteiger partial charge in [-0.3, -0.25) is 0 Å². The number of sulfonamides is 1. The topological polar surface area (TPSA) is 87.6 Å². The van der Waals surface area contributed by atoms with Crippen molar-refractivity contribution in [3.63, 3.8) is 0 Å². The van der Waals surface area contributed by atoms with Crippen LogP contribution in [0.1, 0.15) is 21.5 Å². The highest BCUT2D eigenvalue weighted by Crippen LogP contribution is 2.29. The van der Waals surface area contributed by atoms with Gasteiger partial charge >= 0.3 is 5.97 Å². The molecular formula is C20H20N2O4S. The summed E-state index contributed by atoms with van der Waals surface area (Å²) in [6.45, 7) is 3.90. The van der Waals surface area contributed by atoms with E-state index in [1.165, 1.54) is 32.3 Å². The lowest BCUT2D eigenvalue weighted by Crippen LogP contribution is -2.22. The molecule has 0 radical (unpaired) electrons. The molecule has 0 amide bonds. The number of aryl methyl sites for hydroxylation is 2. The zero-order chi connectivity index (χ0) is 19.9. The van der Waals surface area contributed by atoms with Crippen LogP contribution in [-0.4, -0.2) is 42.9 Å². The zero-order valence-corrected chi connectivity index (χ0v) is 16.3. The van der Waals surface area contributed by atoms with E-state index >= 15 is 0 Å². The molecule has 0 atom stereocenters. The van der Waals surface area contributed by atoms with E-state index in [2.05, 4.69) is 4.98 Å². The van der Waals surface area contributed by atoms with Crippen molar-refractivity contribution >= 4 is 26.9 Å². The van der Waals surface area contributed by atoms with Gasteiger partial charge in [-0.25, -0.2) is 22.5 Å². The first kappa shape index (κ1) is 19.0. The summed E-state index contributed by atoms with van der Waals surface area (Å²) in [5.74, 6) is -1.13. The molecule has 0 bridgehead atoms. The molecule has 0 fully saturated rings. The van der Waals surface area contributed by atoms with Crippen LogP contribution >= 0.6 is 0 Å². The second-order valence-electron chi connectivity index (χ2n) is 6.64. The highest BCUT2D eigenvalue weighted by molar-refractivity contribution is 7.89. The van der Waals surface area contributed by atoms with Crippen LogP contribution < -0.4 is 0 Å². The van der Waals surface area contributed by atoms with Crippen molar-refractivity contribution in [2.45, 2.75) is 18.7 Å². The lowest BCUT2D eigenvalue weighted by Gasteiger charge is -2.14. The van der Waals surface area contributed by atoms with Crippen LogP contribution in [0.25, 0.3) is 22.2 Å². The van der Waals surface area contributed by atoms with Gasteiger partial charge in [-0.2, -0.15) is 0 Å². The predicted octanol–water partition coefficient (Wildman–Crippen LogP) is 3.47. The second kappa shape index (κ2) is 6.75. The minimum atomic E-state index is -3.67. The van der Waals surface area contributed by atoms with Crippen LogP contribution in [0, 0.1) is 13.8 Å². The van der Waals surface area contributed by atoms with Gasteiger partial charge in [0.15, 0.2) is 0 Å². The van der Waals surface area contributed by atoms with Crippen molar-refractivity contribution in [2.24, 2.45) is 0 Å². The first-order chi connectivity index (χ1) is 12.6. The summed E-state index contributed by atoms with van der Waals surface area (Å²) in [6.07, 6.45) is 0. The Kier molecular flexibility index (Phi) is 4.75. The highest BCUT2D eigenvalue weighted by atomic mass is 32.2. The molecule has 3 aromatic rings. The lowest BCUT2D eigenvalue weighted by molar-refractivity contribution is 0.0699. The standard InChI is InChI=1S/C20H20N2O4S/c1-12-5-6-13(2)15(9-12)19-11-17(20(23)24)16-10-14(7-8-18(16)21-19)27(25,26)22(3)4/h5-11H,1-4H3,(H,23,24). The number of nitrogens with zero attached hydrogens (tertiary/aromatic N) is 2. The highest BCUT2D eigenvalue weighted by Gasteiger charge is 2.20. The van der Waals surface area contributed by atoms with Crippen LogP contribution in [0.2, 0.25) is 0 Å². The number of carboxylic acid groups (broad SMARTS) is 1. The minimum absolute atomic E-state index is 0.0201. The quantitative estimate of drug-likeness (QED) is 0.744. The fraction of sp³-hybridized carbons (Fsp3) is 0.200. The molecule has 2 aromatic carbocycles. The first-order valence-electron chi connectivity index (χ1n) is 8.29. The third-order valence-electron chi connectivity index (χ3n) is 4.46. The van der Waals surface area contributed by atoms with Crippen LogP contribution in [0.5, 0.6) is 0 Å². The fourth-order valence-corrected chi connectivity index (χ4v) is 3.83. The Labute approximate surface area is 158 Å². The van der Waals surface area contributed by atoms with Crippen LogP contribution in [-0.2, 0) is 10.0 Å². The zero-order valence-electron chi connectivity index (χ0n) is 15.5. The van der Waals surface area contributed by atoms with E-state index in [1.54, 1.807) is 6.07 Å². The molecule has 0 unspecified atom stereocenters. The average molecular weight is 384 g/mol. The van der Waals surface area contributed by atoms with E-state index in [9.17, 15) is 18.3 Å². The number of aromatic nitrogens is 1. The van der Waals surface area contributed by atoms with Crippen molar-refractivity contribution in [2.75, 3.05) is 14.1 Å². The van der Waals surface area contributed by atoms with E-state index < -0.39 is 16.0 Å². The third-order valence-corrected chi connectivity index (χ3v) is 6.27. The molecular weight excluding hydrogens is 364 g/mol. The largest absolute Gasteiger partial charge is 0.478 e. The number of hydrogen-bond acceptors (Lipinski definition) is 4. The third kappa shape index (κ3) is 3.43. The van der Waals surface area contributed by atoms with Crippen molar-refractivity contribution in [1.82, 2.24) is 9.29 Å². The Morgan fingerprint density at radius 1 is 1.04 bits per heavy atom. The Morgan fingerprint density at radius 3 is 2.37 bits per heavy atom. The van der Waals surface area contributed by atoms with Gasteiger partial charge in [-0.05, 0) is 49.7 Å². The van der Waals surface area contributed by atoms with Crippen molar-refractivity contribution < 1.29 is 18.3 Å². The summed E-state index contributed by atoms with van der Waals surface area (Å²) in [5, 5.41) is 9.98. The average Bonchev–Trinajstić information content (AvgIpc) is 2.62. The van der Waals surface area contributed by atoms with Crippen molar-refractivity contribution in [3.05, 3.63) is 59.2 Å². The number of pyridine rings is 1. The van der Waals surface area contributed by atoms with Crippen molar-refractivity contribution in [3.8, 4) is 11.3 Å². The number of carbonyl (C=O) groups is 1. The molecule has 0 spiro atoms. The van der Waals surface area contributed by atoms with Gasteiger partial charge in [-0.1, -0.05) is 17.7 Å². The van der Waals surface area contributed by atoms with Gasteiger partial charge in [0.2, 0.25) is 10.0 Å². The van der Waals surface area contributed by atoms with Gasteiger partial charge in [-0.15, -0.1) is 0 Å². The molecule has 0 aliphatic carbocycles. The normalized spacial score (nSPS) is 11.9. The van der Waals surface area contributed by atoms with Gasteiger partial charge in [0.1, 0.15) is 0 Å². The Bertz CT molecular complexity index is 1170. The summed E-state index contributed by atoms with van der Waals surface area (Å²) >= 11 is 0. The molecule has 1 N–H and O–H groups in total. The monoisotopic (exact) mass is 384 g/mol. The van der Waals surface area contributed by atoms with Crippen molar-refractivity contribution in [1.29, 1.82) is 0 Å². The van der Waals surface area contributed by atoms with E-state index in [0.29, 0.717) is 16.6 Å². The summed E-state index contributed by atoms with van der Waals surface area (Å²) in [5.41, 5.74) is 3.88. The van der Waals surface area contributed by atoms with Crippen LogP contribution in [0.15, 0.2) is 47.4 Å². The molecule has 140 valence electrons. The molecule has 1 heterocycles. The van der Waals surface area contributed by atoms with E-state index in [-0.39, 0.29) is 10.5 Å². The van der Waals surface area contributed by atoms with Gasteiger partial charge in [0.05, 0.1) is 21.7 Å². The molecule has 6 nitrogen and oxygen atoms in total. The van der Waals surface area contributed by atoms with Gasteiger partial charge in [0, 0.05) is 25.0 Å². The fourth-order valence-electron chi connectivity index (χ4n) is 2.90. The number of rotatable bonds is 4. The predicted molar refractivity (Wildman–Crippen MR) is 104 cm³/mol. The summed E-state index contributed by atoms with van der Waals surface area (Å²) < 4.78 is 25.9.